The molecule has 0 bridgehead atoms. The van der Waals surface area contributed by atoms with Gasteiger partial charge >= 0.3 is 0 Å². The van der Waals surface area contributed by atoms with Crippen LogP contribution in [0.25, 0.3) is 0 Å². The number of rotatable bonds is 3. The lowest BCUT2D eigenvalue weighted by Crippen LogP contribution is -2.42. The molecule has 1 aromatic carbocycles. The van der Waals surface area contributed by atoms with E-state index in [2.05, 4.69) is 5.32 Å². The van der Waals surface area contributed by atoms with E-state index >= 15 is 0 Å². The first-order chi connectivity index (χ1) is 9.91. The van der Waals surface area contributed by atoms with E-state index in [9.17, 15) is 18.5 Å². The minimum absolute atomic E-state index is 0.00361. The van der Waals surface area contributed by atoms with Gasteiger partial charge in [0.25, 0.3) is 5.69 Å². The van der Waals surface area contributed by atoms with Crippen LogP contribution in [0.5, 0.6) is 0 Å². The van der Waals surface area contributed by atoms with Crippen molar-refractivity contribution >= 4 is 15.7 Å². The average molecular weight is 311 g/mol. The molecule has 0 radical (unpaired) electrons. The molecule has 2 fully saturated rings. The van der Waals surface area contributed by atoms with Gasteiger partial charge in [-0.2, -0.15) is 4.31 Å². The van der Waals surface area contributed by atoms with Crippen LogP contribution in [0.15, 0.2) is 29.2 Å². The molecule has 1 N–H and O–H groups in total. The summed E-state index contributed by atoms with van der Waals surface area (Å²) in [5.41, 5.74) is -0.205. The van der Waals surface area contributed by atoms with Crippen LogP contribution < -0.4 is 5.32 Å². The molecule has 1 aromatic rings. The number of nitro benzene ring substituents is 1. The van der Waals surface area contributed by atoms with Gasteiger partial charge in [-0.25, -0.2) is 8.42 Å². The Labute approximate surface area is 123 Å². The quantitative estimate of drug-likeness (QED) is 0.663. The molecule has 0 aliphatic carbocycles. The topological polar surface area (TPSA) is 92.6 Å². The zero-order chi connectivity index (χ0) is 15.2. The lowest BCUT2D eigenvalue weighted by molar-refractivity contribution is -0.385. The Morgan fingerprint density at radius 1 is 1.38 bits per heavy atom. The van der Waals surface area contributed by atoms with Crippen LogP contribution in [0.1, 0.15) is 13.3 Å². The third-order valence-electron chi connectivity index (χ3n) is 4.31. The fourth-order valence-electron chi connectivity index (χ4n) is 3.42. The van der Waals surface area contributed by atoms with Crippen molar-refractivity contribution in [2.24, 2.45) is 5.92 Å². The van der Waals surface area contributed by atoms with Crippen LogP contribution in [-0.4, -0.2) is 42.8 Å². The first kappa shape index (κ1) is 14.4. The van der Waals surface area contributed by atoms with E-state index in [1.165, 1.54) is 22.5 Å². The third kappa shape index (κ3) is 2.33. The largest absolute Gasteiger partial charge is 0.315 e. The van der Waals surface area contributed by atoms with Gasteiger partial charge in [0, 0.05) is 30.8 Å². The number of nitrogens with zero attached hydrogens (tertiary/aromatic N) is 2. The normalized spacial score (nSPS) is 29.5. The van der Waals surface area contributed by atoms with Gasteiger partial charge in [0.1, 0.15) is 0 Å². The summed E-state index contributed by atoms with van der Waals surface area (Å²) in [6.07, 6.45) is 0.825. The molecule has 2 aliphatic heterocycles. The van der Waals surface area contributed by atoms with Gasteiger partial charge < -0.3 is 5.32 Å². The van der Waals surface area contributed by atoms with Gasteiger partial charge in [-0.15, -0.1) is 0 Å². The molecular formula is C13H17N3O4S. The maximum atomic E-state index is 12.8. The number of fused-ring (bicyclic) bond motifs is 1. The Morgan fingerprint density at radius 2 is 2.14 bits per heavy atom. The molecule has 2 aliphatic rings. The maximum absolute atomic E-state index is 12.8. The number of hydrogen-bond donors (Lipinski definition) is 1. The Kier molecular flexibility index (Phi) is 3.46. The number of nitro groups is 1. The molecular weight excluding hydrogens is 294 g/mol. The van der Waals surface area contributed by atoms with Crippen LogP contribution in [0, 0.1) is 16.0 Å². The number of nitrogens with one attached hydrogen (secondary N) is 1. The first-order valence-corrected chi connectivity index (χ1v) is 8.34. The fraction of sp³-hybridized carbons (Fsp3) is 0.538. The molecule has 2 saturated heterocycles. The molecule has 7 nitrogen and oxygen atoms in total. The molecule has 114 valence electrons. The van der Waals surface area contributed by atoms with Crippen molar-refractivity contribution in [3.05, 3.63) is 34.4 Å². The maximum Gasteiger partial charge on any atom is 0.270 e. The SMILES string of the molecule is CC1CC2CNCC2N1S(=O)(=O)c1cccc([N+](=O)[O-])c1. The molecule has 0 aromatic heterocycles. The zero-order valence-corrected chi connectivity index (χ0v) is 12.4. The molecule has 3 atom stereocenters. The fourth-order valence-corrected chi connectivity index (χ4v) is 5.35. The number of benzene rings is 1. The van der Waals surface area contributed by atoms with Gasteiger partial charge in [0.15, 0.2) is 0 Å². The van der Waals surface area contributed by atoms with Crippen molar-refractivity contribution < 1.29 is 13.3 Å². The highest BCUT2D eigenvalue weighted by Crippen LogP contribution is 2.37. The van der Waals surface area contributed by atoms with Crippen LogP contribution in [0.2, 0.25) is 0 Å². The summed E-state index contributed by atoms with van der Waals surface area (Å²) in [5, 5.41) is 14.0. The smallest absolute Gasteiger partial charge is 0.270 e. The van der Waals surface area contributed by atoms with E-state index in [0.717, 1.165) is 19.0 Å². The number of non-ortho nitro benzene ring substituents is 1. The van der Waals surface area contributed by atoms with Crippen molar-refractivity contribution in [2.75, 3.05) is 13.1 Å². The molecule has 3 rings (SSSR count). The van der Waals surface area contributed by atoms with Gasteiger partial charge in [-0.1, -0.05) is 6.07 Å². The van der Waals surface area contributed by atoms with Gasteiger partial charge in [-0.3, -0.25) is 10.1 Å². The van der Waals surface area contributed by atoms with Crippen LogP contribution >= 0.6 is 0 Å². The van der Waals surface area contributed by atoms with Crippen molar-refractivity contribution in [2.45, 2.75) is 30.3 Å². The van der Waals surface area contributed by atoms with Gasteiger partial charge in [0.2, 0.25) is 10.0 Å². The van der Waals surface area contributed by atoms with Crippen molar-refractivity contribution in [1.82, 2.24) is 9.62 Å². The predicted molar refractivity (Wildman–Crippen MR) is 76.3 cm³/mol. The van der Waals surface area contributed by atoms with Crippen molar-refractivity contribution in [1.29, 1.82) is 0 Å². The Bertz CT molecular complexity index is 676. The highest BCUT2D eigenvalue weighted by Gasteiger charge is 2.47. The summed E-state index contributed by atoms with van der Waals surface area (Å²) in [5.74, 6) is 0.327. The summed E-state index contributed by atoms with van der Waals surface area (Å²) in [7, 11) is -3.71. The molecule has 0 spiro atoms. The molecule has 8 heteroatoms. The van der Waals surface area contributed by atoms with E-state index in [-0.39, 0.29) is 22.7 Å². The van der Waals surface area contributed by atoms with E-state index in [1.54, 1.807) is 0 Å². The second-order valence-electron chi connectivity index (χ2n) is 5.66. The Balaban J connectivity index is 2.00. The van der Waals surface area contributed by atoms with Crippen LogP contribution in [-0.2, 0) is 10.0 Å². The first-order valence-electron chi connectivity index (χ1n) is 6.90. The number of hydrogen-bond acceptors (Lipinski definition) is 5. The van der Waals surface area contributed by atoms with Gasteiger partial charge in [0.05, 0.1) is 9.82 Å². The van der Waals surface area contributed by atoms with Crippen molar-refractivity contribution in [3.63, 3.8) is 0 Å². The van der Waals surface area contributed by atoms with Crippen LogP contribution in [0.4, 0.5) is 5.69 Å². The van der Waals surface area contributed by atoms with E-state index in [1.807, 2.05) is 6.92 Å². The summed E-state index contributed by atoms with van der Waals surface area (Å²) in [6, 6.07) is 5.14. The highest BCUT2D eigenvalue weighted by molar-refractivity contribution is 7.89. The van der Waals surface area contributed by atoms with Crippen molar-refractivity contribution in [3.8, 4) is 0 Å². The Hall–Kier alpha value is -1.51. The van der Waals surface area contributed by atoms with E-state index in [4.69, 9.17) is 0 Å². The predicted octanol–water partition coefficient (Wildman–Crippen LogP) is 0.966. The average Bonchev–Trinajstić information content (AvgIpc) is 2.98. The molecule has 3 unspecified atom stereocenters. The standard InChI is InChI=1S/C13H17N3O4S/c1-9-5-10-7-14-8-13(10)15(9)21(19,20)12-4-2-3-11(6-12)16(17)18/h2-4,6,9-10,13-14H,5,7-8H2,1H3. The van der Waals surface area contributed by atoms with Crippen LogP contribution in [0.3, 0.4) is 0 Å². The monoisotopic (exact) mass is 311 g/mol. The minimum Gasteiger partial charge on any atom is -0.315 e. The second kappa shape index (κ2) is 5.04. The zero-order valence-electron chi connectivity index (χ0n) is 11.6. The summed E-state index contributed by atoms with van der Waals surface area (Å²) in [4.78, 5) is 10.3. The minimum atomic E-state index is -3.71. The Morgan fingerprint density at radius 3 is 2.86 bits per heavy atom. The van der Waals surface area contributed by atoms with Gasteiger partial charge in [-0.05, 0) is 31.9 Å². The summed E-state index contributed by atoms with van der Waals surface area (Å²) in [6.45, 7) is 3.37. The van der Waals surface area contributed by atoms with E-state index < -0.39 is 14.9 Å². The highest BCUT2D eigenvalue weighted by atomic mass is 32.2. The van der Waals surface area contributed by atoms with E-state index in [0.29, 0.717) is 12.5 Å². The summed E-state index contributed by atoms with van der Waals surface area (Å²) < 4.78 is 27.2. The number of sulfonamides is 1. The third-order valence-corrected chi connectivity index (χ3v) is 6.35. The second-order valence-corrected chi connectivity index (χ2v) is 7.50. The lowest BCUT2D eigenvalue weighted by Gasteiger charge is -2.26. The lowest BCUT2D eigenvalue weighted by atomic mass is 10.0. The molecule has 2 heterocycles. The molecule has 21 heavy (non-hydrogen) atoms. The summed E-state index contributed by atoms with van der Waals surface area (Å²) >= 11 is 0. The molecule has 0 amide bonds. The molecule has 0 saturated carbocycles.